The maximum Gasteiger partial charge on any atom is 0.230 e. The fraction of sp³-hybridized carbons (Fsp3) is 0.286. The SMILES string of the molecule is CCc1ccccc1-n1cnnc1SCC(=O)NCCCSc1ccccc1. The van der Waals surface area contributed by atoms with E-state index < -0.39 is 0 Å². The molecule has 3 rings (SSSR count). The summed E-state index contributed by atoms with van der Waals surface area (Å²) in [5, 5.41) is 11.9. The monoisotopic (exact) mass is 412 g/mol. The fourth-order valence-corrected chi connectivity index (χ4v) is 4.35. The summed E-state index contributed by atoms with van der Waals surface area (Å²) in [6.07, 6.45) is 3.57. The number of amides is 1. The highest BCUT2D eigenvalue weighted by atomic mass is 32.2. The second-order valence-electron chi connectivity index (χ2n) is 6.12. The first-order valence-corrected chi connectivity index (χ1v) is 11.3. The maximum atomic E-state index is 12.1. The largest absolute Gasteiger partial charge is 0.355 e. The van der Waals surface area contributed by atoms with Crippen molar-refractivity contribution in [3.05, 3.63) is 66.5 Å². The summed E-state index contributed by atoms with van der Waals surface area (Å²) in [6, 6.07) is 18.5. The molecular weight excluding hydrogens is 388 g/mol. The molecule has 0 aliphatic heterocycles. The van der Waals surface area contributed by atoms with Crippen LogP contribution in [0.5, 0.6) is 0 Å². The Balaban J connectivity index is 1.42. The van der Waals surface area contributed by atoms with Gasteiger partial charge in [0.2, 0.25) is 5.91 Å². The first-order valence-electron chi connectivity index (χ1n) is 9.33. The molecule has 28 heavy (non-hydrogen) atoms. The average molecular weight is 413 g/mol. The van der Waals surface area contributed by atoms with Crippen LogP contribution in [-0.2, 0) is 11.2 Å². The Morgan fingerprint density at radius 3 is 2.68 bits per heavy atom. The molecule has 0 fully saturated rings. The lowest BCUT2D eigenvalue weighted by molar-refractivity contribution is -0.118. The highest BCUT2D eigenvalue weighted by molar-refractivity contribution is 7.99. The zero-order valence-electron chi connectivity index (χ0n) is 15.9. The number of carbonyl (C=O) groups excluding carboxylic acids is 1. The Bertz CT molecular complexity index is 883. The zero-order valence-corrected chi connectivity index (χ0v) is 17.5. The van der Waals surface area contributed by atoms with Gasteiger partial charge in [0.25, 0.3) is 0 Å². The standard InChI is InChI=1S/C21H24N4OS2/c1-2-17-9-6-7-12-19(17)25-16-23-24-21(25)28-15-20(26)22-13-8-14-27-18-10-4-3-5-11-18/h3-7,9-12,16H,2,8,13-15H2,1H3,(H,22,26). The number of nitrogens with zero attached hydrogens (tertiary/aromatic N) is 3. The molecule has 0 aliphatic rings. The topological polar surface area (TPSA) is 59.8 Å². The van der Waals surface area contributed by atoms with E-state index in [2.05, 4.69) is 46.7 Å². The average Bonchev–Trinajstić information content (AvgIpc) is 3.21. The van der Waals surface area contributed by atoms with Crippen molar-refractivity contribution >= 4 is 29.4 Å². The third-order valence-corrected chi connectivity index (χ3v) is 6.18. The summed E-state index contributed by atoms with van der Waals surface area (Å²) in [5.74, 6) is 1.34. The first-order chi connectivity index (χ1) is 13.8. The Hall–Kier alpha value is -2.25. The van der Waals surface area contributed by atoms with Gasteiger partial charge in [-0.25, -0.2) is 0 Å². The second kappa shape index (κ2) is 10.9. The van der Waals surface area contributed by atoms with Crippen LogP contribution in [0.15, 0.2) is 71.0 Å². The van der Waals surface area contributed by atoms with Gasteiger partial charge >= 0.3 is 0 Å². The molecule has 5 nitrogen and oxygen atoms in total. The van der Waals surface area contributed by atoms with Gasteiger partial charge in [-0.05, 0) is 42.4 Å². The van der Waals surface area contributed by atoms with Crippen molar-refractivity contribution in [1.29, 1.82) is 0 Å². The number of benzene rings is 2. The summed E-state index contributed by atoms with van der Waals surface area (Å²) in [4.78, 5) is 13.4. The lowest BCUT2D eigenvalue weighted by Gasteiger charge is -2.10. The molecule has 0 atom stereocenters. The first kappa shape index (κ1) is 20.5. The van der Waals surface area contributed by atoms with Crippen molar-refractivity contribution in [2.45, 2.75) is 29.8 Å². The van der Waals surface area contributed by atoms with Crippen LogP contribution in [0.25, 0.3) is 5.69 Å². The molecule has 0 aliphatic carbocycles. The highest BCUT2D eigenvalue weighted by Crippen LogP contribution is 2.22. The molecule has 146 valence electrons. The number of hydrogen-bond acceptors (Lipinski definition) is 5. The Morgan fingerprint density at radius 1 is 1.07 bits per heavy atom. The number of para-hydroxylation sites is 1. The normalized spacial score (nSPS) is 10.8. The molecule has 0 saturated carbocycles. The van der Waals surface area contributed by atoms with E-state index in [0.717, 1.165) is 29.4 Å². The van der Waals surface area contributed by atoms with Crippen molar-refractivity contribution in [1.82, 2.24) is 20.1 Å². The molecule has 3 aromatic rings. The van der Waals surface area contributed by atoms with E-state index >= 15 is 0 Å². The molecular formula is C21H24N4OS2. The fourth-order valence-electron chi connectivity index (χ4n) is 2.72. The Kier molecular flexibility index (Phi) is 7.99. The Morgan fingerprint density at radius 2 is 1.86 bits per heavy atom. The second-order valence-corrected chi connectivity index (χ2v) is 8.23. The third-order valence-electron chi connectivity index (χ3n) is 4.14. The van der Waals surface area contributed by atoms with Crippen LogP contribution in [0, 0.1) is 0 Å². The van der Waals surface area contributed by atoms with Gasteiger partial charge in [-0.3, -0.25) is 9.36 Å². The summed E-state index contributed by atoms with van der Waals surface area (Å²) < 4.78 is 1.95. The molecule has 0 bridgehead atoms. The van der Waals surface area contributed by atoms with E-state index in [1.807, 2.05) is 46.7 Å². The molecule has 1 N–H and O–H groups in total. The van der Waals surface area contributed by atoms with Crippen LogP contribution in [0.2, 0.25) is 0 Å². The summed E-state index contributed by atoms with van der Waals surface area (Å²) in [7, 11) is 0. The number of nitrogens with one attached hydrogen (secondary N) is 1. The summed E-state index contributed by atoms with van der Waals surface area (Å²) in [6.45, 7) is 2.81. The smallest absolute Gasteiger partial charge is 0.230 e. The van der Waals surface area contributed by atoms with Gasteiger partial charge in [0.15, 0.2) is 5.16 Å². The molecule has 1 amide bonds. The number of carbonyl (C=O) groups is 1. The van der Waals surface area contributed by atoms with E-state index in [9.17, 15) is 4.79 Å². The molecule has 0 unspecified atom stereocenters. The van der Waals surface area contributed by atoms with E-state index in [0.29, 0.717) is 12.3 Å². The van der Waals surface area contributed by atoms with Crippen molar-refractivity contribution in [3.8, 4) is 5.69 Å². The van der Waals surface area contributed by atoms with Crippen LogP contribution in [0.3, 0.4) is 0 Å². The summed E-state index contributed by atoms with van der Waals surface area (Å²) >= 11 is 3.22. The number of rotatable bonds is 10. The van der Waals surface area contributed by atoms with E-state index in [1.165, 1.54) is 22.2 Å². The van der Waals surface area contributed by atoms with Crippen molar-refractivity contribution < 1.29 is 4.79 Å². The number of hydrogen-bond donors (Lipinski definition) is 1. The molecule has 0 radical (unpaired) electrons. The van der Waals surface area contributed by atoms with E-state index in [-0.39, 0.29) is 5.91 Å². The third kappa shape index (κ3) is 5.87. The zero-order chi connectivity index (χ0) is 19.6. The predicted octanol–water partition coefficient (Wildman–Crippen LogP) is 4.22. The highest BCUT2D eigenvalue weighted by Gasteiger charge is 2.12. The maximum absolute atomic E-state index is 12.1. The molecule has 7 heteroatoms. The quantitative estimate of drug-likeness (QED) is 0.399. The minimum absolute atomic E-state index is 0.0213. The van der Waals surface area contributed by atoms with Crippen LogP contribution < -0.4 is 5.32 Å². The molecule has 0 saturated heterocycles. The summed E-state index contributed by atoms with van der Waals surface area (Å²) in [5.41, 5.74) is 2.29. The van der Waals surface area contributed by atoms with Crippen LogP contribution in [0.1, 0.15) is 18.9 Å². The molecule has 1 heterocycles. The molecule has 1 aromatic heterocycles. The minimum atomic E-state index is 0.0213. The Labute approximate surface area is 174 Å². The van der Waals surface area contributed by atoms with Crippen LogP contribution >= 0.6 is 23.5 Å². The minimum Gasteiger partial charge on any atom is -0.355 e. The molecule has 2 aromatic carbocycles. The van der Waals surface area contributed by atoms with Crippen molar-refractivity contribution in [2.75, 3.05) is 18.1 Å². The van der Waals surface area contributed by atoms with Gasteiger partial charge in [-0.2, -0.15) is 0 Å². The number of thioether (sulfide) groups is 2. The number of aryl methyl sites for hydroxylation is 1. The van der Waals surface area contributed by atoms with Crippen LogP contribution in [0.4, 0.5) is 0 Å². The van der Waals surface area contributed by atoms with Gasteiger partial charge in [-0.1, -0.05) is 55.1 Å². The molecule has 0 spiro atoms. The van der Waals surface area contributed by atoms with Gasteiger partial charge in [0, 0.05) is 11.4 Å². The van der Waals surface area contributed by atoms with E-state index in [1.54, 1.807) is 6.33 Å². The predicted molar refractivity (Wildman–Crippen MR) is 116 cm³/mol. The van der Waals surface area contributed by atoms with Crippen molar-refractivity contribution in [3.63, 3.8) is 0 Å². The van der Waals surface area contributed by atoms with Gasteiger partial charge in [0.1, 0.15) is 6.33 Å². The number of aromatic nitrogens is 3. The lowest BCUT2D eigenvalue weighted by atomic mass is 10.1. The van der Waals surface area contributed by atoms with Gasteiger partial charge in [-0.15, -0.1) is 22.0 Å². The van der Waals surface area contributed by atoms with Crippen molar-refractivity contribution in [2.24, 2.45) is 0 Å². The van der Waals surface area contributed by atoms with Gasteiger partial charge in [0.05, 0.1) is 11.4 Å². The lowest BCUT2D eigenvalue weighted by Crippen LogP contribution is -2.26. The van der Waals surface area contributed by atoms with Crippen LogP contribution in [-0.4, -0.2) is 38.7 Å². The van der Waals surface area contributed by atoms with Gasteiger partial charge < -0.3 is 5.32 Å². The van der Waals surface area contributed by atoms with E-state index in [4.69, 9.17) is 0 Å².